The highest BCUT2D eigenvalue weighted by molar-refractivity contribution is 5.80. The minimum atomic E-state index is 0.667. The van der Waals surface area contributed by atoms with Crippen molar-refractivity contribution < 1.29 is 4.74 Å². The van der Waals surface area contributed by atoms with Gasteiger partial charge in [-0.1, -0.05) is 0 Å². The first kappa shape index (κ1) is 10.7. The molecule has 0 amide bonds. The van der Waals surface area contributed by atoms with E-state index in [9.17, 15) is 0 Å². The Bertz CT molecular complexity index is 705. The van der Waals surface area contributed by atoms with Gasteiger partial charge in [-0.15, -0.1) is 0 Å². The Morgan fingerprint density at radius 3 is 2.94 bits per heavy atom. The van der Waals surface area contributed by atoms with Gasteiger partial charge in [-0.3, -0.25) is 4.68 Å². The fourth-order valence-corrected chi connectivity index (χ4v) is 1.81. The molecule has 0 atom stereocenters. The number of fused-ring (bicyclic) bond motifs is 1. The van der Waals surface area contributed by atoms with Crippen LogP contribution >= 0.6 is 0 Å². The molecule has 0 spiro atoms. The Balaban J connectivity index is 1.98. The van der Waals surface area contributed by atoms with Crippen molar-refractivity contribution in [3.05, 3.63) is 42.6 Å². The maximum absolute atomic E-state index is 5.76. The van der Waals surface area contributed by atoms with E-state index in [4.69, 9.17) is 4.74 Å². The minimum absolute atomic E-state index is 0.667. The van der Waals surface area contributed by atoms with Crippen LogP contribution in [0, 0.1) is 6.92 Å². The monoisotopic (exact) mass is 240 g/mol. The van der Waals surface area contributed by atoms with Gasteiger partial charge in [0.15, 0.2) is 5.75 Å². The smallest absolute Gasteiger partial charge is 0.166 e. The SMILES string of the molecule is Cc1ncncc1Oc1ccc2c(cnn2C)c1. The highest BCUT2D eigenvalue weighted by Gasteiger charge is 2.05. The lowest BCUT2D eigenvalue weighted by Crippen LogP contribution is -1.92. The Kier molecular flexibility index (Phi) is 2.44. The molecule has 3 aromatic rings. The highest BCUT2D eigenvalue weighted by atomic mass is 16.5. The molecule has 0 N–H and O–H groups in total. The minimum Gasteiger partial charge on any atom is -0.454 e. The molecule has 2 heterocycles. The van der Waals surface area contributed by atoms with Crippen LogP contribution < -0.4 is 4.74 Å². The van der Waals surface area contributed by atoms with E-state index >= 15 is 0 Å². The summed E-state index contributed by atoms with van der Waals surface area (Å²) in [6.45, 7) is 1.89. The number of aromatic nitrogens is 4. The molecule has 5 heteroatoms. The summed E-state index contributed by atoms with van der Waals surface area (Å²) in [7, 11) is 1.91. The molecule has 2 aromatic heterocycles. The van der Waals surface area contributed by atoms with Gasteiger partial charge >= 0.3 is 0 Å². The molecular weight excluding hydrogens is 228 g/mol. The molecule has 0 fully saturated rings. The van der Waals surface area contributed by atoms with Crippen molar-refractivity contribution >= 4 is 10.9 Å². The van der Waals surface area contributed by atoms with Gasteiger partial charge < -0.3 is 4.74 Å². The van der Waals surface area contributed by atoms with Crippen molar-refractivity contribution in [2.45, 2.75) is 6.92 Å². The van der Waals surface area contributed by atoms with Crippen LogP contribution in [0.1, 0.15) is 5.69 Å². The summed E-state index contributed by atoms with van der Waals surface area (Å²) in [6, 6.07) is 5.85. The maximum Gasteiger partial charge on any atom is 0.166 e. The second-order valence-corrected chi connectivity index (χ2v) is 4.06. The van der Waals surface area contributed by atoms with Gasteiger partial charge in [0.25, 0.3) is 0 Å². The van der Waals surface area contributed by atoms with Crippen molar-refractivity contribution in [2.24, 2.45) is 7.05 Å². The average Bonchev–Trinajstić information content (AvgIpc) is 2.74. The summed E-state index contributed by atoms with van der Waals surface area (Å²) in [5, 5.41) is 5.24. The van der Waals surface area contributed by atoms with Crippen LogP contribution in [0.4, 0.5) is 0 Å². The zero-order valence-electron chi connectivity index (χ0n) is 10.2. The molecule has 3 rings (SSSR count). The quantitative estimate of drug-likeness (QED) is 0.690. The van der Waals surface area contributed by atoms with E-state index < -0.39 is 0 Å². The topological polar surface area (TPSA) is 52.8 Å². The molecule has 0 saturated carbocycles. The maximum atomic E-state index is 5.76. The summed E-state index contributed by atoms with van der Waals surface area (Å²) in [4.78, 5) is 8.04. The summed E-state index contributed by atoms with van der Waals surface area (Å²) in [6.07, 6.45) is 4.98. The molecule has 0 aliphatic carbocycles. The second kappa shape index (κ2) is 4.10. The molecule has 0 aliphatic heterocycles. The van der Waals surface area contributed by atoms with E-state index in [0.717, 1.165) is 22.3 Å². The van der Waals surface area contributed by atoms with Crippen molar-refractivity contribution in [1.82, 2.24) is 19.7 Å². The number of benzene rings is 1. The number of rotatable bonds is 2. The van der Waals surface area contributed by atoms with E-state index in [-0.39, 0.29) is 0 Å². The van der Waals surface area contributed by atoms with E-state index in [0.29, 0.717) is 5.75 Å². The standard InChI is InChI=1S/C13H12N4O/c1-9-13(7-14-8-15-9)18-11-3-4-12-10(5-11)6-16-17(12)2/h3-8H,1-2H3. The largest absolute Gasteiger partial charge is 0.454 e. The van der Waals surface area contributed by atoms with E-state index in [1.807, 2.05) is 43.0 Å². The van der Waals surface area contributed by atoms with E-state index in [1.54, 1.807) is 6.20 Å². The predicted octanol–water partition coefficient (Wildman–Crippen LogP) is 2.46. The highest BCUT2D eigenvalue weighted by Crippen LogP contribution is 2.26. The summed E-state index contributed by atoms with van der Waals surface area (Å²) >= 11 is 0. The molecule has 0 unspecified atom stereocenters. The number of ether oxygens (including phenoxy) is 1. The third kappa shape index (κ3) is 1.79. The number of aryl methyl sites for hydroxylation is 2. The lowest BCUT2D eigenvalue weighted by molar-refractivity contribution is 0.473. The van der Waals surface area contributed by atoms with Crippen LogP contribution in [0.5, 0.6) is 11.5 Å². The summed E-state index contributed by atoms with van der Waals surface area (Å²) in [5.74, 6) is 1.43. The van der Waals surface area contributed by atoms with Gasteiger partial charge in [0.05, 0.1) is 23.6 Å². The van der Waals surface area contributed by atoms with Crippen molar-refractivity contribution in [3.8, 4) is 11.5 Å². The van der Waals surface area contributed by atoms with Gasteiger partial charge in [-0.05, 0) is 25.1 Å². The fraction of sp³-hybridized carbons (Fsp3) is 0.154. The first-order valence-corrected chi connectivity index (χ1v) is 5.60. The third-order valence-electron chi connectivity index (χ3n) is 2.81. The number of hydrogen-bond acceptors (Lipinski definition) is 4. The van der Waals surface area contributed by atoms with Gasteiger partial charge in [0, 0.05) is 12.4 Å². The van der Waals surface area contributed by atoms with Crippen LogP contribution in [0.25, 0.3) is 10.9 Å². The Morgan fingerprint density at radius 2 is 2.11 bits per heavy atom. The van der Waals surface area contributed by atoms with Crippen molar-refractivity contribution in [1.29, 1.82) is 0 Å². The summed E-state index contributed by atoms with van der Waals surface area (Å²) < 4.78 is 7.59. The van der Waals surface area contributed by atoms with Crippen LogP contribution in [-0.4, -0.2) is 19.7 Å². The molecule has 0 bridgehead atoms. The van der Waals surface area contributed by atoms with E-state index in [2.05, 4.69) is 15.1 Å². The van der Waals surface area contributed by atoms with Crippen LogP contribution in [0.2, 0.25) is 0 Å². The normalized spacial score (nSPS) is 10.8. The molecular formula is C13H12N4O. The van der Waals surface area contributed by atoms with Gasteiger partial charge in [0.1, 0.15) is 12.1 Å². The predicted molar refractivity (Wildman–Crippen MR) is 67.6 cm³/mol. The first-order valence-electron chi connectivity index (χ1n) is 5.60. The number of hydrogen-bond donors (Lipinski definition) is 0. The molecule has 5 nitrogen and oxygen atoms in total. The molecule has 0 radical (unpaired) electrons. The Labute approximate surface area is 104 Å². The molecule has 0 aliphatic rings. The van der Waals surface area contributed by atoms with Crippen molar-refractivity contribution in [2.75, 3.05) is 0 Å². The number of nitrogens with zero attached hydrogens (tertiary/aromatic N) is 4. The Hall–Kier alpha value is -2.43. The molecule has 0 saturated heterocycles. The van der Waals surface area contributed by atoms with Gasteiger partial charge in [-0.2, -0.15) is 5.10 Å². The molecule has 90 valence electrons. The lowest BCUT2D eigenvalue weighted by atomic mass is 10.2. The third-order valence-corrected chi connectivity index (χ3v) is 2.81. The molecule has 1 aromatic carbocycles. The van der Waals surface area contributed by atoms with E-state index in [1.165, 1.54) is 6.33 Å². The first-order chi connectivity index (χ1) is 8.74. The fourth-order valence-electron chi connectivity index (χ4n) is 1.81. The van der Waals surface area contributed by atoms with Crippen LogP contribution in [0.3, 0.4) is 0 Å². The zero-order valence-corrected chi connectivity index (χ0v) is 10.2. The zero-order chi connectivity index (χ0) is 12.5. The summed E-state index contributed by atoms with van der Waals surface area (Å²) in [5.41, 5.74) is 1.89. The lowest BCUT2D eigenvalue weighted by Gasteiger charge is -2.07. The van der Waals surface area contributed by atoms with Crippen LogP contribution in [0.15, 0.2) is 36.9 Å². The van der Waals surface area contributed by atoms with Crippen LogP contribution in [-0.2, 0) is 7.05 Å². The Morgan fingerprint density at radius 1 is 1.22 bits per heavy atom. The average molecular weight is 240 g/mol. The van der Waals surface area contributed by atoms with Gasteiger partial charge in [-0.25, -0.2) is 9.97 Å². The van der Waals surface area contributed by atoms with Gasteiger partial charge in [0.2, 0.25) is 0 Å². The second-order valence-electron chi connectivity index (χ2n) is 4.06. The van der Waals surface area contributed by atoms with Crippen molar-refractivity contribution in [3.63, 3.8) is 0 Å². The molecule has 18 heavy (non-hydrogen) atoms.